The monoisotopic (exact) mass is 330 g/mol. The molecule has 3 aromatic rings. The largest absolute Gasteiger partial charge is 0.383 e. The molecule has 4 nitrogen and oxygen atoms in total. The lowest BCUT2D eigenvalue weighted by Crippen LogP contribution is -2.27. The Hall–Kier alpha value is -2.31. The highest BCUT2D eigenvalue weighted by Crippen LogP contribution is 2.28. The van der Waals surface area contributed by atoms with E-state index >= 15 is 0 Å². The zero-order valence-corrected chi connectivity index (χ0v) is 13.3. The van der Waals surface area contributed by atoms with Crippen LogP contribution >= 0.6 is 11.3 Å². The van der Waals surface area contributed by atoms with Crippen molar-refractivity contribution >= 4 is 28.1 Å². The Morgan fingerprint density at radius 1 is 1.35 bits per heavy atom. The first-order chi connectivity index (χ1) is 11.2. The Labute approximate surface area is 136 Å². The number of rotatable bonds is 5. The lowest BCUT2D eigenvalue weighted by Gasteiger charge is -2.10. The van der Waals surface area contributed by atoms with Gasteiger partial charge in [-0.25, -0.2) is 9.37 Å². The second-order valence-electron chi connectivity index (χ2n) is 4.94. The van der Waals surface area contributed by atoms with Crippen molar-refractivity contribution in [2.45, 2.75) is 0 Å². The van der Waals surface area contributed by atoms with Crippen LogP contribution in [0.5, 0.6) is 0 Å². The second-order valence-corrected chi connectivity index (χ2v) is 5.89. The first-order valence-corrected chi connectivity index (χ1v) is 7.98. The van der Waals surface area contributed by atoms with Crippen molar-refractivity contribution in [3.05, 3.63) is 53.2 Å². The molecule has 1 N–H and O–H groups in total. The number of ether oxygens (including phenoxy) is 1. The lowest BCUT2D eigenvalue weighted by atomic mass is 10.1. The minimum atomic E-state index is -0.394. The van der Waals surface area contributed by atoms with Crippen LogP contribution in [0.15, 0.2) is 41.8 Å². The van der Waals surface area contributed by atoms with E-state index in [0.29, 0.717) is 35.3 Å². The summed E-state index contributed by atoms with van der Waals surface area (Å²) in [6, 6.07) is 9.85. The molecule has 0 aliphatic rings. The van der Waals surface area contributed by atoms with Crippen LogP contribution in [0.4, 0.5) is 4.39 Å². The van der Waals surface area contributed by atoms with Crippen LogP contribution in [0.2, 0.25) is 0 Å². The molecule has 3 rings (SSSR count). The Kier molecular flexibility index (Phi) is 4.64. The highest BCUT2D eigenvalue weighted by Gasteiger charge is 2.14. The fourth-order valence-electron chi connectivity index (χ4n) is 2.30. The summed E-state index contributed by atoms with van der Waals surface area (Å²) < 4.78 is 18.5. The average Bonchev–Trinajstić information content (AvgIpc) is 3.08. The third kappa shape index (κ3) is 3.38. The first-order valence-electron chi connectivity index (χ1n) is 7.10. The van der Waals surface area contributed by atoms with Gasteiger partial charge < -0.3 is 10.1 Å². The fraction of sp³-hybridized carbons (Fsp3) is 0.176. The number of pyridine rings is 1. The molecule has 0 saturated heterocycles. The normalized spacial score (nSPS) is 10.9. The molecule has 23 heavy (non-hydrogen) atoms. The van der Waals surface area contributed by atoms with Crippen LogP contribution in [0.25, 0.3) is 21.5 Å². The van der Waals surface area contributed by atoms with E-state index in [-0.39, 0.29) is 5.91 Å². The maximum absolute atomic E-state index is 13.6. The lowest BCUT2D eigenvalue weighted by molar-refractivity contribution is 0.0938. The molecule has 0 bridgehead atoms. The summed E-state index contributed by atoms with van der Waals surface area (Å²) in [6.07, 6.45) is 0. The Morgan fingerprint density at radius 2 is 2.22 bits per heavy atom. The Bertz CT molecular complexity index is 834. The summed E-state index contributed by atoms with van der Waals surface area (Å²) in [6.45, 7) is 0.809. The van der Waals surface area contributed by atoms with Gasteiger partial charge in [0.2, 0.25) is 0 Å². The van der Waals surface area contributed by atoms with Crippen molar-refractivity contribution in [2.75, 3.05) is 20.3 Å². The zero-order chi connectivity index (χ0) is 16.2. The summed E-state index contributed by atoms with van der Waals surface area (Å²) >= 11 is 1.54. The van der Waals surface area contributed by atoms with Crippen LogP contribution in [-0.2, 0) is 4.74 Å². The number of amides is 1. The predicted octanol–water partition coefficient (Wildman–Crippen LogP) is 3.48. The SMILES string of the molecule is COCCNC(=O)c1cc(-c2cccs2)nc2ccc(F)cc12. The zero-order valence-electron chi connectivity index (χ0n) is 12.5. The van der Waals surface area contributed by atoms with E-state index in [1.165, 1.54) is 12.1 Å². The molecule has 0 radical (unpaired) electrons. The second kappa shape index (κ2) is 6.85. The van der Waals surface area contributed by atoms with Crippen molar-refractivity contribution in [1.82, 2.24) is 10.3 Å². The van der Waals surface area contributed by atoms with Gasteiger partial charge in [-0.3, -0.25) is 4.79 Å². The number of nitrogens with zero attached hydrogens (tertiary/aromatic N) is 1. The predicted molar refractivity (Wildman–Crippen MR) is 89.2 cm³/mol. The molecule has 6 heteroatoms. The average molecular weight is 330 g/mol. The Balaban J connectivity index is 2.08. The van der Waals surface area contributed by atoms with Crippen molar-refractivity contribution in [1.29, 1.82) is 0 Å². The van der Waals surface area contributed by atoms with Gasteiger partial charge in [0, 0.05) is 19.0 Å². The van der Waals surface area contributed by atoms with Gasteiger partial charge in [-0.2, -0.15) is 0 Å². The molecular weight excluding hydrogens is 315 g/mol. The van der Waals surface area contributed by atoms with Crippen molar-refractivity contribution in [2.24, 2.45) is 0 Å². The van der Waals surface area contributed by atoms with Crippen LogP contribution in [0.3, 0.4) is 0 Å². The van der Waals surface area contributed by atoms with Crippen molar-refractivity contribution < 1.29 is 13.9 Å². The third-order valence-corrected chi connectivity index (χ3v) is 4.27. The van der Waals surface area contributed by atoms with Crippen LogP contribution in [-0.4, -0.2) is 31.2 Å². The van der Waals surface area contributed by atoms with E-state index < -0.39 is 5.82 Å². The highest BCUT2D eigenvalue weighted by molar-refractivity contribution is 7.13. The minimum Gasteiger partial charge on any atom is -0.383 e. The van der Waals surface area contributed by atoms with Gasteiger partial charge in [0.25, 0.3) is 5.91 Å². The molecular formula is C17H15FN2O2S. The molecule has 0 atom stereocenters. The van der Waals surface area contributed by atoms with E-state index in [0.717, 1.165) is 4.88 Å². The summed E-state index contributed by atoms with van der Waals surface area (Å²) in [7, 11) is 1.57. The summed E-state index contributed by atoms with van der Waals surface area (Å²) in [5, 5.41) is 5.22. The highest BCUT2D eigenvalue weighted by atomic mass is 32.1. The van der Waals surface area contributed by atoms with Crippen LogP contribution in [0, 0.1) is 5.82 Å². The number of benzene rings is 1. The van der Waals surface area contributed by atoms with Gasteiger partial charge in [0.15, 0.2) is 0 Å². The number of aromatic nitrogens is 1. The summed E-state index contributed by atoms with van der Waals surface area (Å²) in [4.78, 5) is 18.0. The number of carbonyl (C=O) groups is 1. The van der Waals surface area contributed by atoms with E-state index in [4.69, 9.17) is 4.74 Å². The summed E-state index contributed by atoms with van der Waals surface area (Å²) in [5.41, 5.74) is 1.71. The van der Waals surface area contributed by atoms with Crippen molar-refractivity contribution in [3.8, 4) is 10.6 Å². The van der Waals surface area contributed by atoms with Gasteiger partial charge in [0.1, 0.15) is 5.82 Å². The first kappa shape index (κ1) is 15.6. The van der Waals surface area contributed by atoms with Gasteiger partial charge in [-0.1, -0.05) is 6.07 Å². The van der Waals surface area contributed by atoms with Gasteiger partial charge in [0.05, 0.1) is 28.3 Å². The molecule has 0 aliphatic heterocycles. The number of halogens is 1. The molecule has 0 aliphatic carbocycles. The number of fused-ring (bicyclic) bond motifs is 1. The van der Waals surface area contributed by atoms with Gasteiger partial charge in [-0.05, 0) is 35.7 Å². The maximum atomic E-state index is 13.6. The van der Waals surface area contributed by atoms with E-state index in [1.807, 2.05) is 17.5 Å². The van der Waals surface area contributed by atoms with E-state index in [9.17, 15) is 9.18 Å². The fourth-order valence-corrected chi connectivity index (χ4v) is 2.98. The third-order valence-electron chi connectivity index (χ3n) is 3.38. The Morgan fingerprint density at radius 3 is 2.96 bits per heavy atom. The number of hydrogen-bond acceptors (Lipinski definition) is 4. The van der Waals surface area contributed by atoms with E-state index in [1.54, 1.807) is 30.6 Å². The molecule has 0 unspecified atom stereocenters. The number of hydrogen-bond donors (Lipinski definition) is 1. The smallest absolute Gasteiger partial charge is 0.252 e. The maximum Gasteiger partial charge on any atom is 0.252 e. The van der Waals surface area contributed by atoms with Gasteiger partial charge in [-0.15, -0.1) is 11.3 Å². The molecule has 1 aromatic carbocycles. The molecule has 0 saturated carbocycles. The molecule has 0 fully saturated rings. The minimum absolute atomic E-state index is 0.266. The summed E-state index contributed by atoms with van der Waals surface area (Å²) in [5.74, 6) is -0.660. The molecule has 118 valence electrons. The number of thiophene rings is 1. The molecule has 1 amide bonds. The quantitative estimate of drug-likeness (QED) is 0.729. The number of methoxy groups -OCH3 is 1. The molecule has 2 aromatic heterocycles. The molecule has 2 heterocycles. The van der Waals surface area contributed by atoms with Crippen LogP contribution < -0.4 is 5.32 Å². The van der Waals surface area contributed by atoms with Crippen molar-refractivity contribution in [3.63, 3.8) is 0 Å². The topological polar surface area (TPSA) is 51.2 Å². The molecule has 0 spiro atoms. The van der Waals surface area contributed by atoms with Crippen LogP contribution in [0.1, 0.15) is 10.4 Å². The van der Waals surface area contributed by atoms with E-state index in [2.05, 4.69) is 10.3 Å². The number of nitrogens with one attached hydrogen (secondary N) is 1. The number of carbonyl (C=O) groups excluding carboxylic acids is 1. The standard InChI is InChI=1S/C17H15FN2O2S/c1-22-7-6-19-17(21)13-10-15(16-3-2-8-23-16)20-14-5-4-11(18)9-12(13)14/h2-5,8-10H,6-7H2,1H3,(H,19,21). The van der Waals surface area contributed by atoms with Gasteiger partial charge >= 0.3 is 0 Å².